The highest BCUT2D eigenvalue weighted by atomic mass is 16.2. The minimum Gasteiger partial charge on any atom is -0.286 e. The summed E-state index contributed by atoms with van der Waals surface area (Å²) in [4.78, 5) is 24.1. The first kappa shape index (κ1) is 12.0. The minimum absolute atomic E-state index is 0.481. The van der Waals surface area contributed by atoms with Gasteiger partial charge in [0.1, 0.15) is 0 Å². The van der Waals surface area contributed by atoms with Crippen LogP contribution >= 0.6 is 0 Å². The molecule has 0 unspecified atom stereocenters. The molecular weight excluding hydrogens is 256 g/mol. The standard InChI is InChI=1S/C14H12N4O2/c19-13-16-17(12-9-5-2-6-10-12)14(20)18(13)15-11-7-3-1-4-8-11/h1-10,15H,(H,16,19). The first-order chi connectivity index (χ1) is 9.75. The predicted molar refractivity (Wildman–Crippen MR) is 76.1 cm³/mol. The molecular formula is C14H12N4O2. The Balaban J connectivity index is 2.04. The maximum atomic E-state index is 12.2. The molecule has 0 saturated carbocycles. The van der Waals surface area contributed by atoms with Gasteiger partial charge in [-0.1, -0.05) is 36.4 Å². The molecule has 3 aromatic rings. The molecule has 0 fully saturated rings. The van der Waals surface area contributed by atoms with Gasteiger partial charge in [-0.3, -0.25) is 5.43 Å². The number of nitrogens with one attached hydrogen (secondary N) is 2. The van der Waals surface area contributed by atoms with Crippen LogP contribution in [0.5, 0.6) is 0 Å². The van der Waals surface area contributed by atoms with E-state index in [0.717, 1.165) is 4.68 Å². The third-order valence-corrected chi connectivity index (χ3v) is 2.82. The topological polar surface area (TPSA) is 71.8 Å². The Morgan fingerprint density at radius 1 is 0.850 bits per heavy atom. The van der Waals surface area contributed by atoms with Crippen molar-refractivity contribution in [2.24, 2.45) is 0 Å². The second kappa shape index (κ2) is 4.93. The van der Waals surface area contributed by atoms with E-state index < -0.39 is 11.4 Å². The lowest BCUT2D eigenvalue weighted by atomic mass is 10.3. The highest BCUT2D eigenvalue weighted by molar-refractivity contribution is 5.42. The summed E-state index contributed by atoms with van der Waals surface area (Å²) in [7, 11) is 0. The van der Waals surface area contributed by atoms with Crippen molar-refractivity contribution in [1.29, 1.82) is 0 Å². The van der Waals surface area contributed by atoms with Crippen LogP contribution in [0.4, 0.5) is 5.69 Å². The number of nitrogens with zero attached hydrogens (tertiary/aromatic N) is 2. The number of anilines is 1. The van der Waals surface area contributed by atoms with Crippen LogP contribution in [0.1, 0.15) is 0 Å². The van der Waals surface area contributed by atoms with Crippen LogP contribution in [0, 0.1) is 0 Å². The molecule has 1 heterocycles. The fourth-order valence-electron chi connectivity index (χ4n) is 1.87. The maximum Gasteiger partial charge on any atom is 0.371 e. The van der Waals surface area contributed by atoms with E-state index in [9.17, 15) is 9.59 Å². The fraction of sp³-hybridized carbons (Fsp3) is 0. The molecule has 20 heavy (non-hydrogen) atoms. The summed E-state index contributed by atoms with van der Waals surface area (Å²) in [5.74, 6) is 0. The van der Waals surface area contributed by atoms with Crippen LogP contribution < -0.4 is 16.8 Å². The van der Waals surface area contributed by atoms with Crippen LogP contribution in [0.2, 0.25) is 0 Å². The molecule has 0 aliphatic rings. The van der Waals surface area contributed by atoms with Crippen LogP contribution in [0.3, 0.4) is 0 Å². The molecule has 6 nitrogen and oxygen atoms in total. The van der Waals surface area contributed by atoms with Gasteiger partial charge in [-0.15, -0.1) is 4.68 Å². The zero-order valence-corrected chi connectivity index (χ0v) is 10.5. The van der Waals surface area contributed by atoms with Crippen molar-refractivity contribution in [3.63, 3.8) is 0 Å². The number of hydrogen-bond acceptors (Lipinski definition) is 3. The second-order valence-corrected chi connectivity index (χ2v) is 4.18. The van der Waals surface area contributed by atoms with Gasteiger partial charge in [0.15, 0.2) is 0 Å². The van der Waals surface area contributed by atoms with Crippen molar-refractivity contribution in [1.82, 2.24) is 14.5 Å². The van der Waals surface area contributed by atoms with E-state index in [2.05, 4.69) is 10.5 Å². The molecule has 6 heteroatoms. The molecule has 3 rings (SSSR count). The van der Waals surface area contributed by atoms with E-state index in [4.69, 9.17) is 0 Å². The lowest BCUT2D eigenvalue weighted by Crippen LogP contribution is -2.34. The third kappa shape index (κ3) is 2.14. The first-order valence-electron chi connectivity index (χ1n) is 6.07. The molecule has 100 valence electrons. The number of benzene rings is 2. The Hall–Kier alpha value is -3.02. The Labute approximate surface area is 113 Å². The molecule has 0 radical (unpaired) electrons. The summed E-state index contributed by atoms with van der Waals surface area (Å²) in [6.45, 7) is 0. The van der Waals surface area contributed by atoms with Crippen LogP contribution in [0.15, 0.2) is 70.3 Å². The van der Waals surface area contributed by atoms with Crippen molar-refractivity contribution >= 4 is 5.69 Å². The number of aromatic nitrogens is 3. The predicted octanol–water partition coefficient (Wildman–Crippen LogP) is 1.20. The van der Waals surface area contributed by atoms with Crippen molar-refractivity contribution in [2.45, 2.75) is 0 Å². The largest absolute Gasteiger partial charge is 0.371 e. The Morgan fingerprint density at radius 3 is 2.10 bits per heavy atom. The Bertz CT molecular complexity index is 816. The van der Waals surface area contributed by atoms with E-state index in [0.29, 0.717) is 11.4 Å². The summed E-state index contributed by atoms with van der Waals surface area (Å²) < 4.78 is 2.13. The quantitative estimate of drug-likeness (QED) is 0.749. The molecule has 0 atom stereocenters. The third-order valence-electron chi connectivity index (χ3n) is 2.82. The lowest BCUT2D eigenvalue weighted by molar-refractivity contribution is 0.813. The average Bonchev–Trinajstić information content (AvgIpc) is 2.77. The summed E-state index contributed by atoms with van der Waals surface area (Å²) in [6, 6.07) is 17.9. The molecule has 0 amide bonds. The monoisotopic (exact) mass is 268 g/mol. The molecule has 0 aliphatic heterocycles. The fourth-order valence-corrected chi connectivity index (χ4v) is 1.87. The van der Waals surface area contributed by atoms with E-state index in [1.165, 1.54) is 4.68 Å². The van der Waals surface area contributed by atoms with Crippen LogP contribution in [-0.2, 0) is 0 Å². The van der Waals surface area contributed by atoms with E-state index in [1.807, 2.05) is 24.3 Å². The molecule has 0 saturated heterocycles. The first-order valence-corrected chi connectivity index (χ1v) is 6.07. The van der Waals surface area contributed by atoms with Gasteiger partial charge in [0, 0.05) is 0 Å². The Kier molecular flexibility index (Phi) is 2.96. The van der Waals surface area contributed by atoms with Crippen LogP contribution in [-0.4, -0.2) is 14.5 Å². The zero-order chi connectivity index (χ0) is 13.9. The second-order valence-electron chi connectivity index (χ2n) is 4.18. The number of rotatable bonds is 3. The molecule has 0 aliphatic carbocycles. The minimum atomic E-state index is -0.525. The summed E-state index contributed by atoms with van der Waals surface area (Å²) >= 11 is 0. The Morgan fingerprint density at radius 2 is 1.45 bits per heavy atom. The van der Waals surface area contributed by atoms with Gasteiger partial charge in [-0.05, 0) is 24.3 Å². The van der Waals surface area contributed by atoms with E-state index >= 15 is 0 Å². The number of hydrogen-bond donors (Lipinski definition) is 2. The molecule has 1 aromatic heterocycles. The van der Waals surface area contributed by atoms with Crippen molar-refractivity contribution in [2.75, 3.05) is 5.43 Å². The van der Waals surface area contributed by atoms with Crippen LogP contribution in [0.25, 0.3) is 5.69 Å². The molecule has 2 N–H and O–H groups in total. The summed E-state index contributed by atoms with van der Waals surface area (Å²) in [6.07, 6.45) is 0. The lowest BCUT2D eigenvalue weighted by Gasteiger charge is -2.03. The zero-order valence-electron chi connectivity index (χ0n) is 10.5. The van der Waals surface area contributed by atoms with Crippen molar-refractivity contribution < 1.29 is 0 Å². The number of H-pyrrole nitrogens is 1. The van der Waals surface area contributed by atoms with Gasteiger partial charge in [-0.25, -0.2) is 14.7 Å². The summed E-state index contributed by atoms with van der Waals surface area (Å²) in [5.41, 5.74) is 3.02. The van der Waals surface area contributed by atoms with Gasteiger partial charge in [0.05, 0.1) is 11.4 Å². The molecule has 0 spiro atoms. The normalized spacial score (nSPS) is 10.4. The van der Waals surface area contributed by atoms with Gasteiger partial charge < -0.3 is 0 Å². The van der Waals surface area contributed by atoms with Crippen molar-refractivity contribution in [3.05, 3.63) is 81.6 Å². The molecule has 2 aromatic carbocycles. The van der Waals surface area contributed by atoms with Gasteiger partial charge in [0.25, 0.3) is 0 Å². The van der Waals surface area contributed by atoms with Crippen molar-refractivity contribution in [3.8, 4) is 5.69 Å². The van der Waals surface area contributed by atoms with E-state index in [-0.39, 0.29) is 0 Å². The highest BCUT2D eigenvalue weighted by Crippen LogP contribution is 2.04. The SMILES string of the molecule is O=c1[nH]n(-c2ccccc2)c(=O)n1Nc1ccccc1. The highest BCUT2D eigenvalue weighted by Gasteiger charge is 2.10. The van der Waals surface area contributed by atoms with Gasteiger partial charge >= 0.3 is 11.4 Å². The van der Waals surface area contributed by atoms with Gasteiger partial charge in [0.2, 0.25) is 0 Å². The molecule has 0 bridgehead atoms. The van der Waals surface area contributed by atoms with Gasteiger partial charge in [-0.2, -0.15) is 4.68 Å². The number of aromatic amines is 1. The smallest absolute Gasteiger partial charge is 0.286 e. The maximum absolute atomic E-state index is 12.2. The van der Waals surface area contributed by atoms with E-state index in [1.54, 1.807) is 36.4 Å². The summed E-state index contributed by atoms with van der Waals surface area (Å²) in [5, 5.41) is 2.50. The number of para-hydroxylation sites is 2. The average molecular weight is 268 g/mol.